The highest BCUT2D eigenvalue weighted by Crippen LogP contribution is 2.13. The van der Waals surface area contributed by atoms with Crippen molar-refractivity contribution >= 4 is 17.4 Å². The van der Waals surface area contributed by atoms with Crippen LogP contribution in [0.2, 0.25) is 0 Å². The fourth-order valence-electron chi connectivity index (χ4n) is 2.15. The molecule has 5 heteroatoms. The number of anilines is 1. The lowest BCUT2D eigenvalue weighted by Gasteiger charge is -2.21. The van der Waals surface area contributed by atoms with Crippen LogP contribution in [0.4, 0.5) is 5.82 Å². The molecule has 2 rings (SSSR count). The molecule has 1 fully saturated rings. The van der Waals surface area contributed by atoms with Gasteiger partial charge in [-0.1, -0.05) is 0 Å². The third-order valence-corrected chi connectivity index (χ3v) is 3.26. The summed E-state index contributed by atoms with van der Waals surface area (Å²) in [6, 6.07) is 2.10. The standard InChI is InChI=1S/C12H19ClN4/c1-11-9-12(15-14-10-11)17-5-2-4-16(6-3-13)7-8-17/h9-10H,2-8H2,1H3. The summed E-state index contributed by atoms with van der Waals surface area (Å²) in [5.74, 6) is 1.71. The van der Waals surface area contributed by atoms with Crippen LogP contribution in [0.3, 0.4) is 0 Å². The second-order valence-electron chi connectivity index (χ2n) is 4.46. The predicted octanol–water partition coefficient (Wildman–Crippen LogP) is 1.54. The summed E-state index contributed by atoms with van der Waals surface area (Å²) in [5.41, 5.74) is 1.16. The Morgan fingerprint density at radius 1 is 1.29 bits per heavy atom. The van der Waals surface area contributed by atoms with Crippen LogP contribution < -0.4 is 4.90 Å². The molecule has 4 nitrogen and oxygen atoms in total. The Bertz CT molecular complexity index is 358. The van der Waals surface area contributed by atoms with Gasteiger partial charge in [0.2, 0.25) is 0 Å². The van der Waals surface area contributed by atoms with Crippen molar-refractivity contribution < 1.29 is 0 Å². The highest BCUT2D eigenvalue weighted by Gasteiger charge is 2.15. The van der Waals surface area contributed by atoms with E-state index in [4.69, 9.17) is 11.6 Å². The number of hydrogen-bond acceptors (Lipinski definition) is 4. The van der Waals surface area contributed by atoms with Crippen molar-refractivity contribution in [1.82, 2.24) is 15.1 Å². The Balaban J connectivity index is 1.99. The minimum absolute atomic E-state index is 0.713. The summed E-state index contributed by atoms with van der Waals surface area (Å²) < 4.78 is 0. The van der Waals surface area contributed by atoms with E-state index in [9.17, 15) is 0 Å². The number of nitrogens with zero attached hydrogens (tertiary/aromatic N) is 4. The lowest BCUT2D eigenvalue weighted by Crippen LogP contribution is -2.32. The van der Waals surface area contributed by atoms with Crippen LogP contribution in [0.25, 0.3) is 0 Å². The average molecular weight is 255 g/mol. The van der Waals surface area contributed by atoms with Gasteiger partial charge >= 0.3 is 0 Å². The lowest BCUT2D eigenvalue weighted by molar-refractivity contribution is 0.311. The quantitative estimate of drug-likeness (QED) is 0.766. The Morgan fingerprint density at radius 2 is 2.18 bits per heavy atom. The number of aryl methyl sites for hydroxylation is 1. The molecule has 2 heterocycles. The third kappa shape index (κ3) is 3.54. The highest BCUT2D eigenvalue weighted by molar-refractivity contribution is 6.18. The molecule has 0 atom stereocenters. The van der Waals surface area contributed by atoms with Crippen molar-refractivity contribution in [3.63, 3.8) is 0 Å². The minimum Gasteiger partial charge on any atom is -0.354 e. The molecule has 94 valence electrons. The summed E-state index contributed by atoms with van der Waals surface area (Å²) >= 11 is 5.78. The van der Waals surface area contributed by atoms with Crippen molar-refractivity contribution in [1.29, 1.82) is 0 Å². The normalized spacial score (nSPS) is 18.1. The maximum absolute atomic E-state index is 5.78. The molecule has 0 aliphatic carbocycles. The molecule has 0 saturated carbocycles. The Kier molecular flexibility index (Phi) is 4.57. The molecule has 1 aromatic heterocycles. The number of rotatable bonds is 3. The van der Waals surface area contributed by atoms with Gasteiger partial charge in [-0.25, -0.2) is 0 Å². The first-order chi connectivity index (χ1) is 8.29. The average Bonchev–Trinajstić information content (AvgIpc) is 2.55. The molecule has 0 amide bonds. The summed E-state index contributed by atoms with van der Waals surface area (Å²) in [5, 5.41) is 8.23. The number of hydrogen-bond donors (Lipinski definition) is 0. The van der Waals surface area contributed by atoms with E-state index in [0.29, 0.717) is 5.88 Å². The zero-order chi connectivity index (χ0) is 12.1. The fourth-order valence-corrected chi connectivity index (χ4v) is 2.39. The minimum atomic E-state index is 0.713. The van der Waals surface area contributed by atoms with Gasteiger partial charge in [0.1, 0.15) is 0 Å². The van der Waals surface area contributed by atoms with E-state index in [1.165, 1.54) is 0 Å². The maximum atomic E-state index is 5.78. The van der Waals surface area contributed by atoms with Gasteiger partial charge in [0.05, 0.1) is 6.20 Å². The van der Waals surface area contributed by atoms with E-state index in [1.54, 1.807) is 6.20 Å². The van der Waals surface area contributed by atoms with Crippen molar-refractivity contribution in [2.45, 2.75) is 13.3 Å². The predicted molar refractivity (Wildman–Crippen MR) is 70.8 cm³/mol. The highest BCUT2D eigenvalue weighted by atomic mass is 35.5. The van der Waals surface area contributed by atoms with E-state index < -0.39 is 0 Å². The first kappa shape index (κ1) is 12.6. The molecule has 0 bridgehead atoms. The zero-order valence-corrected chi connectivity index (χ0v) is 11.0. The van der Waals surface area contributed by atoms with Gasteiger partial charge in [-0.3, -0.25) is 0 Å². The Hall–Kier alpha value is -0.870. The first-order valence-electron chi connectivity index (χ1n) is 6.12. The Morgan fingerprint density at radius 3 is 2.94 bits per heavy atom. The van der Waals surface area contributed by atoms with Gasteiger partial charge in [-0.2, -0.15) is 5.10 Å². The molecule has 17 heavy (non-hydrogen) atoms. The van der Waals surface area contributed by atoms with Gasteiger partial charge in [-0.15, -0.1) is 16.7 Å². The number of alkyl halides is 1. The van der Waals surface area contributed by atoms with Gasteiger partial charge in [0.25, 0.3) is 0 Å². The molecular formula is C12H19ClN4. The molecule has 0 radical (unpaired) electrons. The van der Waals surface area contributed by atoms with Crippen molar-refractivity contribution in [2.24, 2.45) is 0 Å². The van der Waals surface area contributed by atoms with Gasteiger partial charge in [-0.05, 0) is 31.5 Å². The molecule has 0 aromatic carbocycles. The number of aromatic nitrogens is 2. The smallest absolute Gasteiger partial charge is 0.151 e. The van der Waals surface area contributed by atoms with Gasteiger partial charge in [0, 0.05) is 32.1 Å². The molecule has 1 saturated heterocycles. The van der Waals surface area contributed by atoms with E-state index in [0.717, 1.165) is 50.5 Å². The van der Waals surface area contributed by atoms with Crippen molar-refractivity contribution in [3.05, 3.63) is 17.8 Å². The van der Waals surface area contributed by atoms with Crippen molar-refractivity contribution in [3.8, 4) is 0 Å². The molecule has 0 spiro atoms. The molecule has 1 aliphatic heterocycles. The van der Waals surface area contributed by atoms with Crippen LogP contribution in [0, 0.1) is 6.92 Å². The Labute approximate surface area is 108 Å². The van der Waals surface area contributed by atoms with Gasteiger partial charge < -0.3 is 9.80 Å². The zero-order valence-electron chi connectivity index (χ0n) is 10.3. The molecule has 0 N–H and O–H groups in total. The third-order valence-electron chi connectivity index (χ3n) is 3.09. The fraction of sp³-hybridized carbons (Fsp3) is 0.667. The van der Waals surface area contributed by atoms with Crippen LogP contribution >= 0.6 is 11.6 Å². The molecular weight excluding hydrogens is 236 g/mol. The van der Waals surface area contributed by atoms with Gasteiger partial charge in [0.15, 0.2) is 5.82 Å². The van der Waals surface area contributed by atoms with E-state index in [-0.39, 0.29) is 0 Å². The topological polar surface area (TPSA) is 32.3 Å². The maximum Gasteiger partial charge on any atom is 0.151 e. The second kappa shape index (κ2) is 6.17. The molecule has 1 aliphatic rings. The summed E-state index contributed by atoms with van der Waals surface area (Å²) in [4.78, 5) is 4.73. The monoisotopic (exact) mass is 254 g/mol. The van der Waals surface area contributed by atoms with Crippen LogP contribution in [0.1, 0.15) is 12.0 Å². The largest absolute Gasteiger partial charge is 0.354 e. The first-order valence-corrected chi connectivity index (χ1v) is 6.65. The van der Waals surface area contributed by atoms with Crippen LogP contribution in [0.15, 0.2) is 12.3 Å². The lowest BCUT2D eigenvalue weighted by atomic mass is 10.3. The van der Waals surface area contributed by atoms with Crippen LogP contribution in [-0.2, 0) is 0 Å². The van der Waals surface area contributed by atoms with E-state index in [1.807, 2.05) is 0 Å². The number of halogens is 1. The SMILES string of the molecule is Cc1cnnc(N2CCCN(CCCl)CC2)c1. The van der Waals surface area contributed by atoms with Crippen LogP contribution in [-0.4, -0.2) is 53.7 Å². The second-order valence-corrected chi connectivity index (χ2v) is 4.84. The van der Waals surface area contributed by atoms with Crippen molar-refractivity contribution in [2.75, 3.05) is 43.5 Å². The molecule has 1 aromatic rings. The summed E-state index contributed by atoms with van der Waals surface area (Å²) in [7, 11) is 0. The summed E-state index contributed by atoms with van der Waals surface area (Å²) in [6.45, 7) is 7.28. The van der Waals surface area contributed by atoms with E-state index >= 15 is 0 Å². The molecule has 0 unspecified atom stereocenters. The van der Waals surface area contributed by atoms with E-state index in [2.05, 4.69) is 33.0 Å². The summed E-state index contributed by atoms with van der Waals surface area (Å²) in [6.07, 6.45) is 2.95. The van der Waals surface area contributed by atoms with Crippen LogP contribution in [0.5, 0.6) is 0 Å².